The molecule has 0 unspecified atom stereocenters. The quantitative estimate of drug-likeness (QED) is 0.856. The third-order valence-corrected chi connectivity index (χ3v) is 4.99. The van der Waals surface area contributed by atoms with E-state index in [9.17, 15) is 10.2 Å². The smallest absolute Gasteiger partial charge is 0.167 e. The van der Waals surface area contributed by atoms with Crippen LogP contribution in [0.25, 0.3) is 0 Å². The third-order valence-electron chi connectivity index (χ3n) is 4.99. The molecular weight excluding hydrogens is 290 g/mol. The van der Waals surface area contributed by atoms with Gasteiger partial charge in [0.05, 0.1) is 33.3 Å². The minimum atomic E-state index is 0.151. The SMILES string of the molecule is COc1ccc2c(c1O)[C@H](Cc1ccc(O)cc1)[N+](C)(C)CC2. The third kappa shape index (κ3) is 2.86. The molecule has 1 aliphatic rings. The summed E-state index contributed by atoms with van der Waals surface area (Å²) in [4.78, 5) is 0. The average Bonchev–Trinajstić information content (AvgIpc) is 2.52. The van der Waals surface area contributed by atoms with Crippen molar-refractivity contribution < 1.29 is 19.4 Å². The standard InChI is InChI=1S/C19H23NO3/c1-20(2)11-10-14-6-9-17(23-3)19(22)18(14)16(20)12-13-4-7-15(21)8-5-13/h4-9,16H,10-12H2,1-3H3,(H-,21,22)/p+1/t16-/m0/s1. The van der Waals surface area contributed by atoms with Crippen molar-refractivity contribution in [1.29, 1.82) is 0 Å². The summed E-state index contributed by atoms with van der Waals surface area (Å²) in [7, 11) is 5.99. The van der Waals surface area contributed by atoms with Gasteiger partial charge in [0.15, 0.2) is 11.5 Å². The molecule has 0 bridgehead atoms. The molecule has 0 fully saturated rings. The molecular formula is C19H24NO3+. The highest BCUT2D eigenvalue weighted by molar-refractivity contribution is 5.52. The second-order valence-corrected chi connectivity index (χ2v) is 6.83. The summed E-state index contributed by atoms with van der Waals surface area (Å²) in [5, 5.41) is 20.2. The molecule has 1 heterocycles. The summed E-state index contributed by atoms with van der Waals surface area (Å²) in [6.07, 6.45) is 1.76. The molecule has 0 saturated heterocycles. The van der Waals surface area contributed by atoms with Crippen molar-refractivity contribution in [2.75, 3.05) is 27.7 Å². The maximum atomic E-state index is 10.7. The lowest BCUT2D eigenvalue weighted by Gasteiger charge is -2.43. The number of nitrogens with zero attached hydrogens (tertiary/aromatic N) is 1. The van der Waals surface area contributed by atoms with Gasteiger partial charge in [-0.15, -0.1) is 0 Å². The van der Waals surface area contributed by atoms with Crippen LogP contribution in [0.2, 0.25) is 0 Å². The number of phenols is 2. The van der Waals surface area contributed by atoms with Crippen LogP contribution in [0.1, 0.15) is 22.7 Å². The van der Waals surface area contributed by atoms with Crippen LogP contribution in [-0.2, 0) is 12.8 Å². The molecule has 122 valence electrons. The Morgan fingerprint density at radius 1 is 1.09 bits per heavy atom. The molecule has 0 aromatic heterocycles. The second kappa shape index (κ2) is 5.78. The molecule has 4 nitrogen and oxygen atoms in total. The van der Waals surface area contributed by atoms with Crippen LogP contribution >= 0.6 is 0 Å². The predicted octanol–water partition coefficient (Wildman–Crippen LogP) is 3.02. The number of methoxy groups -OCH3 is 1. The van der Waals surface area contributed by atoms with E-state index < -0.39 is 0 Å². The van der Waals surface area contributed by atoms with E-state index in [2.05, 4.69) is 20.2 Å². The Morgan fingerprint density at radius 2 is 1.78 bits per heavy atom. The minimum Gasteiger partial charge on any atom is -0.508 e. The van der Waals surface area contributed by atoms with Crippen LogP contribution in [-0.4, -0.2) is 42.4 Å². The van der Waals surface area contributed by atoms with Crippen molar-refractivity contribution in [1.82, 2.24) is 0 Å². The van der Waals surface area contributed by atoms with Gasteiger partial charge in [-0.2, -0.15) is 0 Å². The Bertz CT molecular complexity index is 707. The normalized spacial score (nSPS) is 19.2. The Balaban J connectivity index is 2.05. The lowest BCUT2D eigenvalue weighted by atomic mass is 9.86. The van der Waals surface area contributed by atoms with Crippen LogP contribution in [0.3, 0.4) is 0 Å². The van der Waals surface area contributed by atoms with E-state index in [-0.39, 0.29) is 17.5 Å². The summed E-state index contributed by atoms with van der Waals surface area (Å²) in [5.74, 6) is 1.07. The number of quaternary nitrogens is 1. The van der Waals surface area contributed by atoms with Gasteiger partial charge in [-0.05, 0) is 29.3 Å². The number of rotatable bonds is 3. The predicted molar refractivity (Wildman–Crippen MR) is 89.9 cm³/mol. The van der Waals surface area contributed by atoms with E-state index in [1.807, 2.05) is 18.2 Å². The van der Waals surface area contributed by atoms with E-state index in [1.165, 1.54) is 5.56 Å². The van der Waals surface area contributed by atoms with Crippen molar-refractivity contribution in [3.05, 3.63) is 53.1 Å². The number of fused-ring (bicyclic) bond motifs is 1. The molecule has 4 heteroatoms. The van der Waals surface area contributed by atoms with Crippen molar-refractivity contribution in [3.8, 4) is 17.2 Å². The van der Waals surface area contributed by atoms with Gasteiger partial charge in [0.1, 0.15) is 11.8 Å². The zero-order valence-electron chi connectivity index (χ0n) is 13.9. The summed E-state index contributed by atoms with van der Waals surface area (Å²) in [6.45, 7) is 1.03. The van der Waals surface area contributed by atoms with Gasteiger partial charge in [0, 0.05) is 12.8 Å². The lowest BCUT2D eigenvalue weighted by molar-refractivity contribution is -0.923. The van der Waals surface area contributed by atoms with Crippen LogP contribution in [0.5, 0.6) is 17.2 Å². The molecule has 1 atom stereocenters. The number of aromatic hydroxyl groups is 2. The molecule has 0 saturated carbocycles. The fourth-order valence-corrected chi connectivity index (χ4v) is 3.50. The molecule has 0 radical (unpaired) electrons. The van der Waals surface area contributed by atoms with Gasteiger partial charge >= 0.3 is 0 Å². The van der Waals surface area contributed by atoms with Gasteiger partial charge in [0.25, 0.3) is 0 Å². The van der Waals surface area contributed by atoms with Gasteiger partial charge < -0.3 is 19.4 Å². The largest absolute Gasteiger partial charge is 0.508 e. The molecule has 2 aromatic carbocycles. The molecule has 23 heavy (non-hydrogen) atoms. The molecule has 0 aliphatic carbocycles. The molecule has 2 N–H and O–H groups in total. The van der Waals surface area contributed by atoms with Crippen molar-refractivity contribution in [2.45, 2.75) is 18.9 Å². The van der Waals surface area contributed by atoms with E-state index in [1.54, 1.807) is 19.2 Å². The van der Waals surface area contributed by atoms with E-state index in [0.717, 1.165) is 35.0 Å². The number of hydrogen-bond acceptors (Lipinski definition) is 3. The van der Waals surface area contributed by atoms with Gasteiger partial charge in [-0.3, -0.25) is 0 Å². The summed E-state index contributed by atoms with van der Waals surface area (Å²) < 4.78 is 6.12. The zero-order valence-corrected chi connectivity index (χ0v) is 13.9. The van der Waals surface area contributed by atoms with E-state index in [4.69, 9.17) is 4.74 Å². The summed E-state index contributed by atoms with van der Waals surface area (Å²) in [6, 6.07) is 11.4. The van der Waals surface area contributed by atoms with Crippen molar-refractivity contribution >= 4 is 0 Å². The van der Waals surface area contributed by atoms with E-state index in [0.29, 0.717) is 5.75 Å². The molecule has 1 aliphatic heterocycles. The first-order chi connectivity index (χ1) is 10.9. The summed E-state index contributed by atoms with van der Waals surface area (Å²) >= 11 is 0. The number of likely N-dealkylation sites (N-methyl/N-ethyl adjacent to an activating group) is 1. The fraction of sp³-hybridized carbons (Fsp3) is 0.368. The zero-order chi connectivity index (χ0) is 16.6. The van der Waals surface area contributed by atoms with Gasteiger partial charge in [0.2, 0.25) is 0 Å². The number of ether oxygens (including phenoxy) is 1. The second-order valence-electron chi connectivity index (χ2n) is 6.83. The Labute approximate surface area is 137 Å². The Morgan fingerprint density at radius 3 is 2.43 bits per heavy atom. The minimum absolute atomic E-state index is 0.151. The Kier molecular flexibility index (Phi) is 3.94. The van der Waals surface area contributed by atoms with Gasteiger partial charge in [-0.25, -0.2) is 0 Å². The first-order valence-electron chi connectivity index (χ1n) is 7.91. The van der Waals surface area contributed by atoms with Crippen molar-refractivity contribution in [3.63, 3.8) is 0 Å². The van der Waals surface area contributed by atoms with E-state index >= 15 is 0 Å². The summed E-state index contributed by atoms with van der Waals surface area (Å²) in [5.41, 5.74) is 3.34. The first-order valence-corrected chi connectivity index (χ1v) is 7.91. The van der Waals surface area contributed by atoms with Gasteiger partial charge in [-0.1, -0.05) is 18.2 Å². The Hall–Kier alpha value is -2.20. The topological polar surface area (TPSA) is 49.7 Å². The first kappa shape index (κ1) is 15.7. The number of phenolic OH excluding ortho intramolecular Hbond substituents is 2. The highest BCUT2D eigenvalue weighted by Gasteiger charge is 2.38. The maximum absolute atomic E-state index is 10.7. The molecule has 3 rings (SSSR count). The van der Waals surface area contributed by atoms with Crippen LogP contribution < -0.4 is 4.74 Å². The highest BCUT2D eigenvalue weighted by Crippen LogP contribution is 2.44. The average molecular weight is 314 g/mol. The molecule has 0 spiro atoms. The molecule has 2 aromatic rings. The monoisotopic (exact) mass is 314 g/mol. The maximum Gasteiger partial charge on any atom is 0.167 e. The van der Waals surface area contributed by atoms with Crippen molar-refractivity contribution in [2.24, 2.45) is 0 Å². The lowest BCUT2D eigenvalue weighted by Crippen LogP contribution is -2.48. The number of benzene rings is 2. The number of hydrogen-bond donors (Lipinski definition) is 2. The van der Waals surface area contributed by atoms with Crippen LogP contribution in [0.4, 0.5) is 0 Å². The van der Waals surface area contributed by atoms with Crippen LogP contribution in [0, 0.1) is 0 Å². The highest BCUT2D eigenvalue weighted by atomic mass is 16.5. The fourth-order valence-electron chi connectivity index (χ4n) is 3.50. The van der Waals surface area contributed by atoms with Crippen LogP contribution in [0.15, 0.2) is 36.4 Å². The molecule has 0 amide bonds.